The average molecular weight is 233 g/mol. The van der Waals surface area contributed by atoms with Crippen molar-refractivity contribution in [1.82, 2.24) is 15.3 Å². The number of pyridine rings is 1. The first-order valence-electron chi connectivity index (χ1n) is 5.31. The molecule has 0 radical (unpaired) electrons. The lowest BCUT2D eigenvalue weighted by Crippen LogP contribution is -2.10. The van der Waals surface area contributed by atoms with E-state index < -0.39 is 0 Å². The van der Waals surface area contributed by atoms with Crippen molar-refractivity contribution in [2.75, 3.05) is 7.05 Å². The zero-order valence-electron chi connectivity index (χ0n) is 9.47. The molecule has 16 heavy (non-hydrogen) atoms. The fraction of sp³-hybridized carbons (Fsp3) is 0.333. The van der Waals surface area contributed by atoms with E-state index in [1.165, 1.54) is 4.88 Å². The first-order chi connectivity index (χ1) is 7.79. The predicted octanol–water partition coefficient (Wildman–Crippen LogP) is 2.41. The summed E-state index contributed by atoms with van der Waals surface area (Å²) in [4.78, 5) is 9.99. The lowest BCUT2D eigenvalue weighted by molar-refractivity contribution is 0.662. The van der Waals surface area contributed by atoms with Crippen LogP contribution in [0.3, 0.4) is 0 Å². The van der Waals surface area contributed by atoms with Crippen LogP contribution in [0.4, 0.5) is 0 Å². The average Bonchev–Trinajstić information content (AvgIpc) is 2.78. The molecule has 0 amide bonds. The van der Waals surface area contributed by atoms with E-state index >= 15 is 0 Å². The summed E-state index contributed by atoms with van der Waals surface area (Å²) in [7, 11) is 1.96. The molecule has 0 saturated heterocycles. The van der Waals surface area contributed by atoms with Gasteiger partial charge in [0.15, 0.2) is 0 Å². The number of thiazole rings is 1. The fourth-order valence-electron chi connectivity index (χ4n) is 1.41. The lowest BCUT2D eigenvalue weighted by atomic mass is 10.3. The Morgan fingerprint density at radius 2 is 2.25 bits per heavy atom. The minimum Gasteiger partial charge on any atom is -0.312 e. The SMILES string of the molecule is CNC(C)c1cnc(Cc2ccccn2)s1. The minimum absolute atomic E-state index is 0.370. The van der Waals surface area contributed by atoms with Crippen molar-refractivity contribution in [2.24, 2.45) is 0 Å². The Balaban J connectivity index is 2.09. The van der Waals surface area contributed by atoms with Crippen molar-refractivity contribution in [3.05, 3.63) is 46.2 Å². The Kier molecular flexibility index (Phi) is 3.64. The highest BCUT2D eigenvalue weighted by molar-refractivity contribution is 7.11. The van der Waals surface area contributed by atoms with E-state index in [4.69, 9.17) is 0 Å². The molecule has 0 aliphatic carbocycles. The zero-order valence-corrected chi connectivity index (χ0v) is 10.3. The van der Waals surface area contributed by atoms with Gasteiger partial charge in [0.25, 0.3) is 0 Å². The lowest BCUT2D eigenvalue weighted by Gasteiger charge is -2.04. The zero-order chi connectivity index (χ0) is 11.4. The molecule has 0 fully saturated rings. The second kappa shape index (κ2) is 5.18. The van der Waals surface area contributed by atoms with Crippen LogP contribution in [0.1, 0.15) is 28.5 Å². The Morgan fingerprint density at radius 3 is 2.94 bits per heavy atom. The Morgan fingerprint density at radius 1 is 1.38 bits per heavy atom. The van der Waals surface area contributed by atoms with Gasteiger partial charge in [-0.1, -0.05) is 6.07 Å². The molecule has 3 nitrogen and oxygen atoms in total. The topological polar surface area (TPSA) is 37.8 Å². The molecular formula is C12H15N3S. The van der Waals surface area contributed by atoms with Crippen LogP contribution in [0.25, 0.3) is 0 Å². The number of aromatic nitrogens is 2. The van der Waals surface area contributed by atoms with E-state index in [9.17, 15) is 0 Å². The van der Waals surface area contributed by atoms with Gasteiger partial charge in [-0.25, -0.2) is 4.98 Å². The monoisotopic (exact) mass is 233 g/mol. The van der Waals surface area contributed by atoms with E-state index in [0.717, 1.165) is 17.1 Å². The molecule has 0 spiro atoms. The molecule has 2 heterocycles. The summed E-state index contributed by atoms with van der Waals surface area (Å²) < 4.78 is 0. The Bertz CT molecular complexity index is 439. The van der Waals surface area contributed by atoms with Gasteiger partial charge >= 0.3 is 0 Å². The molecule has 4 heteroatoms. The van der Waals surface area contributed by atoms with Gasteiger partial charge in [0.05, 0.1) is 5.01 Å². The van der Waals surface area contributed by atoms with Crippen LogP contribution < -0.4 is 5.32 Å². The standard InChI is InChI=1S/C12H15N3S/c1-9(13-2)11-8-15-12(16-11)7-10-5-3-4-6-14-10/h3-6,8-9,13H,7H2,1-2H3. The number of nitrogens with zero attached hydrogens (tertiary/aromatic N) is 2. The molecule has 2 aromatic heterocycles. The largest absolute Gasteiger partial charge is 0.312 e. The van der Waals surface area contributed by atoms with Gasteiger partial charge in [0.2, 0.25) is 0 Å². The molecule has 0 bridgehead atoms. The van der Waals surface area contributed by atoms with E-state index in [-0.39, 0.29) is 0 Å². The summed E-state index contributed by atoms with van der Waals surface area (Å²) in [5.41, 5.74) is 1.07. The van der Waals surface area contributed by atoms with Gasteiger partial charge in [-0.2, -0.15) is 0 Å². The smallest absolute Gasteiger partial charge is 0.0987 e. The van der Waals surface area contributed by atoms with Crippen LogP contribution in [0.5, 0.6) is 0 Å². The van der Waals surface area contributed by atoms with Crippen LogP contribution >= 0.6 is 11.3 Å². The van der Waals surface area contributed by atoms with Crippen LogP contribution in [0, 0.1) is 0 Å². The molecule has 0 aliphatic heterocycles. The maximum Gasteiger partial charge on any atom is 0.0987 e. The molecule has 1 N–H and O–H groups in total. The van der Waals surface area contributed by atoms with Gasteiger partial charge < -0.3 is 5.32 Å². The molecule has 1 unspecified atom stereocenters. The van der Waals surface area contributed by atoms with Crippen LogP contribution in [0.2, 0.25) is 0 Å². The van der Waals surface area contributed by atoms with Gasteiger partial charge in [0.1, 0.15) is 0 Å². The summed E-state index contributed by atoms with van der Waals surface area (Å²) in [6, 6.07) is 6.34. The van der Waals surface area contributed by atoms with E-state index in [1.54, 1.807) is 11.3 Å². The van der Waals surface area contributed by atoms with Crippen molar-refractivity contribution >= 4 is 11.3 Å². The van der Waals surface area contributed by atoms with Crippen LogP contribution in [0.15, 0.2) is 30.6 Å². The van der Waals surface area contributed by atoms with Crippen molar-refractivity contribution in [3.63, 3.8) is 0 Å². The van der Waals surface area contributed by atoms with Gasteiger partial charge in [-0.3, -0.25) is 4.98 Å². The minimum atomic E-state index is 0.370. The second-order valence-corrected chi connectivity index (χ2v) is 4.81. The highest BCUT2D eigenvalue weighted by Crippen LogP contribution is 2.21. The summed E-state index contributed by atoms with van der Waals surface area (Å²) in [6.45, 7) is 2.14. The van der Waals surface area contributed by atoms with Crippen molar-refractivity contribution in [1.29, 1.82) is 0 Å². The number of nitrogens with one attached hydrogen (secondary N) is 1. The van der Waals surface area contributed by atoms with Gasteiger partial charge in [-0.05, 0) is 26.1 Å². The normalized spacial score (nSPS) is 12.6. The third-order valence-corrected chi connectivity index (χ3v) is 3.67. The number of rotatable bonds is 4. The second-order valence-electron chi connectivity index (χ2n) is 3.66. The quantitative estimate of drug-likeness (QED) is 0.881. The first kappa shape index (κ1) is 11.2. The van der Waals surface area contributed by atoms with Crippen LogP contribution in [-0.2, 0) is 6.42 Å². The third kappa shape index (κ3) is 2.65. The molecule has 2 rings (SSSR count). The van der Waals surface area contributed by atoms with Crippen molar-refractivity contribution < 1.29 is 0 Å². The Hall–Kier alpha value is -1.26. The Labute approximate surface area is 99.6 Å². The first-order valence-corrected chi connectivity index (χ1v) is 6.13. The highest BCUT2D eigenvalue weighted by atomic mass is 32.1. The molecule has 1 atom stereocenters. The number of hydrogen-bond donors (Lipinski definition) is 1. The summed E-state index contributed by atoms with van der Waals surface area (Å²) in [5, 5.41) is 4.33. The fourth-order valence-corrected chi connectivity index (χ4v) is 2.40. The molecule has 84 valence electrons. The molecule has 0 saturated carbocycles. The number of hydrogen-bond acceptors (Lipinski definition) is 4. The van der Waals surface area contributed by atoms with Crippen molar-refractivity contribution in [2.45, 2.75) is 19.4 Å². The molecule has 2 aromatic rings. The maximum absolute atomic E-state index is 4.42. The van der Waals surface area contributed by atoms with E-state index in [1.807, 2.05) is 37.6 Å². The summed E-state index contributed by atoms with van der Waals surface area (Å²) in [6.07, 6.45) is 4.59. The maximum atomic E-state index is 4.42. The van der Waals surface area contributed by atoms with E-state index in [0.29, 0.717) is 6.04 Å². The van der Waals surface area contributed by atoms with Crippen molar-refractivity contribution in [3.8, 4) is 0 Å². The summed E-state index contributed by atoms with van der Waals surface area (Å²) >= 11 is 1.75. The predicted molar refractivity (Wildman–Crippen MR) is 66.6 cm³/mol. The summed E-state index contributed by atoms with van der Waals surface area (Å²) in [5.74, 6) is 0. The van der Waals surface area contributed by atoms with Crippen LogP contribution in [-0.4, -0.2) is 17.0 Å². The molecular weight excluding hydrogens is 218 g/mol. The third-order valence-electron chi connectivity index (χ3n) is 2.49. The van der Waals surface area contributed by atoms with Gasteiger partial charge in [0, 0.05) is 35.4 Å². The highest BCUT2D eigenvalue weighted by Gasteiger charge is 2.08. The molecule has 0 aromatic carbocycles. The van der Waals surface area contributed by atoms with Gasteiger partial charge in [-0.15, -0.1) is 11.3 Å². The molecule has 0 aliphatic rings. The van der Waals surface area contributed by atoms with E-state index in [2.05, 4.69) is 22.2 Å².